The first-order chi connectivity index (χ1) is 12.2. The number of carbonyl (C=O) groups is 1. The van der Waals surface area contributed by atoms with Gasteiger partial charge in [-0.05, 0) is 31.9 Å². The summed E-state index contributed by atoms with van der Waals surface area (Å²) >= 11 is 0. The van der Waals surface area contributed by atoms with Gasteiger partial charge in [0, 0.05) is 17.7 Å². The third kappa shape index (κ3) is 3.05. The van der Waals surface area contributed by atoms with E-state index >= 15 is 0 Å². The number of hydrogen-bond donors (Lipinski definition) is 0. The van der Waals surface area contributed by atoms with Crippen LogP contribution in [0.1, 0.15) is 40.7 Å². The van der Waals surface area contributed by atoms with E-state index in [-0.39, 0.29) is 11.9 Å². The van der Waals surface area contributed by atoms with Gasteiger partial charge in [-0.25, -0.2) is 0 Å². The summed E-state index contributed by atoms with van der Waals surface area (Å²) in [6.07, 6.45) is 1.78. The number of amides is 1. The minimum atomic E-state index is -0.154. The third-order valence-corrected chi connectivity index (χ3v) is 4.57. The van der Waals surface area contributed by atoms with E-state index in [9.17, 15) is 4.79 Å². The minimum absolute atomic E-state index is 0.0157. The molecule has 0 aliphatic carbocycles. The highest BCUT2D eigenvalue weighted by molar-refractivity contribution is 5.94. The van der Waals surface area contributed by atoms with E-state index in [2.05, 4.69) is 10.1 Å². The van der Waals surface area contributed by atoms with Crippen molar-refractivity contribution in [3.63, 3.8) is 0 Å². The first-order valence-electron chi connectivity index (χ1n) is 8.49. The van der Waals surface area contributed by atoms with E-state index in [1.807, 2.05) is 66.4 Å². The first kappa shape index (κ1) is 15.6. The van der Waals surface area contributed by atoms with Gasteiger partial charge in [-0.1, -0.05) is 53.2 Å². The van der Waals surface area contributed by atoms with Crippen molar-refractivity contribution < 1.29 is 9.32 Å². The summed E-state index contributed by atoms with van der Waals surface area (Å²) in [5.41, 5.74) is 2.74. The number of hydrogen-bond acceptors (Lipinski definition) is 4. The maximum atomic E-state index is 12.9. The lowest BCUT2D eigenvalue weighted by atomic mass is 10.1. The van der Waals surface area contributed by atoms with Gasteiger partial charge in [0.15, 0.2) is 0 Å². The molecule has 1 unspecified atom stereocenters. The molecule has 1 aliphatic rings. The van der Waals surface area contributed by atoms with Gasteiger partial charge >= 0.3 is 0 Å². The summed E-state index contributed by atoms with van der Waals surface area (Å²) in [6, 6.07) is 17.2. The van der Waals surface area contributed by atoms with Crippen LogP contribution in [0.5, 0.6) is 0 Å². The second-order valence-corrected chi connectivity index (χ2v) is 6.34. The zero-order valence-corrected chi connectivity index (χ0v) is 14.1. The molecule has 0 spiro atoms. The molecular formula is C20H19N3O2. The monoisotopic (exact) mass is 333 g/mol. The molecule has 5 heteroatoms. The summed E-state index contributed by atoms with van der Waals surface area (Å²) < 4.78 is 5.48. The molecule has 126 valence electrons. The SMILES string of the molecule is Cc1ccc(C(=O)N2CCCC2c2nc(-c3ccccc3)no2)cc1. The maximum absolute atomic E-state index is 12.9. The smallest absolute Gasteiger partial charge is 0.254 e. The summed E-state index contributed by atoms with van der Waals surface area (Å²) in [7, 11) is 0. The number of aryl methyl sites for hydroxylation is 1. The Kier molecular flexibility index (Phi) is 4.06. The number of aromatic nitrogens is 2. The van der Waals surface area contributed by atoms with Gasteiger partial charge in [0.25, 0.3) is 5.91 Å². The lowest BCUT2D eigenvalue weighted by Gasteiger charge is -2.22. The van der Waals surface area contributed by atoms with Gasteiger partial charge in [0.2, 0.25) is 11.7 Å². The van der Waals surface area contributed by atoms with Crippen LogP contribution in [0.2, 0.25) is 0 Å². The van der Waals surface area contributed by atoms with Crippen LogP contribution in [-0.2, 0) is 0 Å². The van der Waals surface area contributed by atoms with Gasteiger partial charge in [-0.15, -0.1) is 0 Å². The first-order valence-corrected chi connectivity index (χ1v) is 8.49. The lowest BCUT2D eigenvalue weighted by Crippen LogP contribution is -2.30. The van der Waals surface area contributed by atoms with Crippen LogP contribution < -0.4 is 0 Å². The fourth-order valence-corrected chi connectivity index (χ4v) is 3.20. The quantitative estimate of drug-likeness (QED) is 0.726. The number of benzene rings is 2. The average Bonchev–Trinajstić information content (AvgIpc) is 3.32. The molecule has 1 fully saturated rings. The Morgan fingerprint density at radius 3 is 2.64 bits per heavy atom. The van der Waals surface area contributed by atoms with Crippen LogP contribution in [-0.4, -0.2) is 27.5 Å². The second-order valence-electron chi connectivity index (χ2n) is 6.34. The highest BCUT2D eigenvalue weighted by Crippen LogP contribution is 2.33. The van der Waals surface area contributed by atoms with Crippen molar-refractivity contribution in [1.29, 1.82) is 0 Å². The molecule has 25 heavy (non-hydrogen) atoms. The number of likely N-dealkylation sites (tertiary alicyclic amines) is 1. The fourth-order valence-electron chi connectivity index (χ4n) is 3.20. The molecule has 1 aliphatic heterocycles. The summed E-state index contributed by atoms with van der Waals surface area (Å²) in [5.74, 6) is 1.09. The summed E-state index contributed by atoms with van der Waals surface area (Å²) in [6.45, 7) is 2.72. The van der Waals surface area contributed by atoms with Crippen molar-refractivity contribution in [2.24, 2.45) is 0 Å². The number of nitrogens with zero attached hydrogens (tertiary/aromatic N) is 3. The minimum Gasteiger partial charge on any atom is -0.337 e. The Labute approximate surface area is 146 Å². The molecule has 0 radical (unpaired) electrons. The molecule has 2 aromatic carbocycles. The van der Waals surface area contributed by atoms with Crippen molar-refractivity contribution in [1.82, 2.24) is 15.0 Å². The normalized spacial score (nSPS) is 17.0. The van der Waals surface area contributed by atoms with Gasteiger partial charge in [0.05, 0.1) is 0 Å². The maximum Gasteiger partial charge on any atom is 0.254 e. The molecule has 1 aromatic heterocycles. The van der Waals surface area contributed by atoms with Crippen LogP contribution in [0.25, 0.3) is 11.4 Å². The van der Waals surface area contributed by atoms with Crippen LogP contribution >= 0.6 is 0 Å². The fraction of sp³-hybridized carbons (Fsp3) is 0.250. The second kappa shape index (κ2) is 6.51. The van der Waals surface area contributed by atoms with Crippen LogP contribution in [0.3, 0.4) is 0 Å². The molecule has 1 amide bonds. The molecule has 3 aromatic rings. The zero-order chi connectivity index (χ0) is 17.2. The number of rotatable bonds is 3. The largest absolute Gasteiger partial charge is 0.337 e. The summed E-state index contributed by atoms with van der Waals surface area (Å²) in [4.78, 5) is 19.2. The van der Waals surface area contributed by atoms with E-state index < -0.39 is 0 Å². The van der Waals surface area contributed by atoms with Gasteiger partial charge in [0.1, 0.15) is 6.04 Å². The predicted molar refractivity (Wildman–Crippen MR) is 93.9 cm³/mol. The molecule has 1 saturated heterocycles. The Morgan fingerprint density at radius 2 is 1.88 bits per heavy atom. The predicted octanol–water partition coefficient (Wildman–Crippen LogP) is 4.02. The zero-order valence-electron chi connectivity index (χ0n) is 14.1. The van der Waals surface area contributed by atoms with E-state index in [4.69, 9.17) is 4.52 Å². The lowest BCUT2D eigenvalue weighted by molar-refractivity contribution is 0.0710. The Bertz CT molecular complexity index is 871. The topological polar surface area (TPSA) is 59.2 Å². The van der Waals surface area contributed by atoms with Gasteiger partial charge < -0.3 is 9.42 Å². The Balaban J connectivity index is 1.58. The van der Waals surface area contributed by atoms with E-state index in [1.54, 1.807) is 0 Å². The molecule has 0 N–H and O–H groups in total. The van der Waals surface area contributed by atoms with Crippen molar-refractivity contribution in [2.75, 3.05) is 6.54 Å². The van der Waals surface area contributed by atoms with Crippen LogP contribution in [0, 0.1) is 6.92 Å². The number of carbonyl (C=O) groups excluding carboxylic acids is 1. The highest BCUT2D eigenvalue weighted by Gasteiger charge is 2.34. The van der Waals surface area contributed by atoms with E-state index in [0.717, 1.165) is 24.0 Å². The van der Waals surface area contributed by atoms with E-state index in [1.165, 1.54) is 0 Å². The van der Waals surface area contributed by atoms with Crippen LogP contribution in [0.4, 0.5) is 0 Å². The molecule has 5 nitrogen and oxygen atoms in total. The molecular weight excluding hydrogens is 314 g/mol. The third-order valence-electron chi connectivity index (χ3n) is 4.57. The van der Waals surface area contributed by atoms with E-state index in [0.29, 0.717) is 23.8 Å². The van der Waals surface area contributed by atoms with Gasteiger partial charge in [-0.2, -0.15) is 4.98 Å². The highest BCUT2D eigenvalue weighted by atomic mass is 16.5. The van der Waals surface area contributed by atoms with Crippen molar-refractivity contribution in [3.8, 4) is 11.4 Å². The molecule has 1 atom stereocenters. The van der Waals surface area contributed by atoms with Crippen LogP contribution in [0.15, 0.2) is 59.1 Å². The van der Waals surface area contributed by atoms with Crippen molar-refractivity contribution in [2.45, 2.75) is 25.8 Å². The average molecular weight is 333 g/mol. The van der Waals surface area contributed by atoms with Crippen molar-refractivity contribution in [3.05, 3.63) is 71.6 Å². The Morgan fingerprint density at radius 1 is 1.12 bits per heavy atom. The molecule has 0 bridgehead atoms. The van der Waals surface area contributed by atoms with Gasteiger partial charge in [-0.3, -0.25) is 4.79 Å². The summed E-state index contributed by atoms with van der Waals surface area (Å²) in [5, 5.41) is 4.09. The molecule has 4 rings (SSSR count). The standard InChI is InChI=1S/C20H19N3O2/c1-14-9-11-16(12-10-14)20(24)23-13-5-8-17(23)19-21-18(22-25-19)15-6-3-2-4-7-15/h2-4,6-7,9-12,17H,5,8,13H2,1H3. The molecule has 0 saturated carbocycles. The molecule has 2 heterocycles. The van der Waals surface area contributed by atoms with Crippen molar-refractivity contribution >= 4 is 5.91 Å². The Hall–Kier alpha value is -2.95.